The van der Waals surface area contributed by atoms with Gasteiger partial charge in [0, 0.05) is 18.2 Å². The summed E-state index contributed by atoms with van der Waals surface area (Å²) in [6.07, 6.45) is -1.57. The van der Waals surface area contributed by atoms with E-state index in [0.29, 0.717) is 5.56 Å². The molecule has 1 saturated heterocycles. The van der Waals surface area contributed by atoms with Crippen LogP contribution < -0.4 is 15.8 Å². The molecule has 0 aliphatic carbocycles. The summed E-state index contributed by atoms with van der Waals surface area (Å²) in [5, 5.41) is 10.3. The summed E-state index contributed by atoms with van der Waals surface area (Å²) in [7, 11) is -4.53. The molecule has 1 fully saturated rings. The fraction of sp³-hybridized carbons (Fsp3) is 0.375. The molecule has 1 unspecified atom stereocenters. The average Bonchev–Trinajstić information content (AvgIpc) is 2.99. The average molecular weight is 433 g/mol. The molecule has 1 aromatic heterocycles. The second kappa shape index (κ2) is 8.20. The maximum Gasteiger partial charge on any atom is 0.527 e. The largest absolute Gasteiger partial charge is 0.527 e. The van der Waals surface area contributed by atoms with E-state index < -0.39 is 44.1 Å². The number of nitrogens with one attached hydrogen (secondary N) is 1. The standard InChI is InChI=1S/C16H18ClN2O8P/c1-9-7-19(16(22)18-15(9)21)14-6-11(20)13(26-14)8-25-28(23,24)27-12-5-3-2-4-10(12)17/h2-5,7,11,13-14,20H,6,8H2,1H3,(H,23,24)(H,18,21,22)/t11-,13+,14+/m0/s1. The highest BCUT2D eigenvalue weighted by molar-refractivity contribution is 7.47. The summed E-state index contributed by atoms with van der Waals surface area (Å²) < 4.78 is 28.6. The van der Waals surface area contributed by atoms with Gasteiger partial charge in [-0.25, -0.2) is 9.36 Å². The Bertz CT molecular complexity index is 1020. The van der Waals surface area contributed by atoms with Crippen LogP contribution in [0.1, 0.15) is 18.2 Å². The van der Waals surface area contributed by atoms with E-state index in [0.717, 1.165) is 4.57 Å². The van der Waals surface area contributed by atoms with Crippen LogP contribution in [0.25, 0.3) is 0 Å². The first-order valence-electron chi connectivity index (χ1n) is 8.23. The van der Waals surface area contributed by atoms with Crippen LogP contribution in [0.15, 0.2) is 40.1 Å². The quantitative estimate of drug-likeness (QED) is 0.581. The van der Waals surface area contributed by atoms with Crippen molar-refractivity contribution in [3.05, 3.63) is 61.9 Å². The highest BCUT2D eigenvalue weighted by Crippen LogP contribution is 2.46. The molecule has 0 amide bonds. The van der Waals surface area contributed by atoms with Crippen molar-refractivity contribution < 1.29 is 28.3 Å². The minimum absolute atomic E-state index is 0.0283. The molecular weight excluding hydrogens is 415 g/mol. The van der Waals surface area contributed by atoms with Crippen molar-refractivity contribution in [3.8, 4) is 5.75 Å². The molecule has 1 aliphatic heterocycles. The Morgan fingerprint density at radius 2 is 2.11 bits per heavy atom. The number of rotatable bonds is 6. The molecule has 12 heteroatoms. The third-order valence-electron chi connectivity index (χ3n) is 4.11. The molecule has 1 aromatic carbocycles. The van der Waals surface area contributed by atoms with E-state index in [2.05, 4.69) is 4.98 Å². The lowest BCUT2D eigenvalue weighted by atomic mass is 10.2. The molecule has 2 heterocycles. The zero-order valence-corrected chi connectivity index (χ0v) is 16.3. The predicted molar refractivity (Wildman–Crippen MR) is 98.5 cm³/mol. The van der Waals surface area contributed by atoms with Crippen molar-refractivity contribution >= 4 is 19.4 Å². The van der Waals surface area contributed by atoms with Crippen LogP contribution in [0.4, 0.5) is 0 Å². The molecule has 3 rings (SSSR count). The highest BCUT2D eigenvalue weighted by Gasteiger charge is 2.38. The van der Waals surface area contributed by atoms with Gasteiger partial charge in [0.15, 0.2) is 0 Å². The molecular formula is C16H18ClN2O8P. The number of aromatic nitrogens is 2. The fourth-order valence-corrected chi connectivity index (χ4v) is 3.70. The molecule has 1 aliphatic rings. The smallest absolute Gasteiger partial charge is 0.403 e. The van der Waals surface area contributed by atoms with Crippen molar-refractivity contribution in [1.29, 1.82) is 0 Å². The first-order valence-corrected chi connectivity index (χ1v) is 10.1. The number of ether oxygens (including phenoxy) is 1. The van der Waals surface area contributed by atoms with Crippen LogP contribution in [-0.2, 0) is 13.8 Å². The van der Waals surface area contributed by atoms with Gasteiger partial charge in [0.05, 0.1) is 17.7 Å². The van der Waals surface area contributed by atoms with Gasteiger partial charge in [0.1, 0.15) is 18.1 Å². The van der Waals surface area contributed by atoms with Gasteiger partial charge in [-0.1, -0.05) is 23.7 Å². The highest BCUT2D eigenvalue weighted by atomic mass is 35.5. The molecule has 4 atom stereocenters. The summed E-state index contributed by atoms with van der Waals surface area (Å²) in [5.41, 5.74) is -0.910. The van der Waals surface area contributed by atoms with Gasteiger partial charge in [0.2, 0.25) is 0 Å². The summed E-state index contributed by atoms with van der Waals surface area (Å²) in [6.45, 7) is 1.06. The second-order valence-electron chi connectivity index (χ2n) is 6.20. The third kappa shape index (κ3) is 4.72. The number of phosphoric acid groups is 1. The number of aliphatic hydroxyl groups excluding tert-OH is 1. The lowest BCUT2D eigenvalue weighted by Gasteiger charge is -2.18. The predicted octanol–water partition coefficient (Wildman–Crippen LogP) is 1.34. The molecule has 152 valence electrons. The first kappa shape index (κ1) is 20.8. The summed E-state index contributed by atoms with van der Waals surface area (Å²) >= 11 is 5.87. The molecule has 3 N–H and O–H groups in total. The third-order valence-corrected chi connectivity index (χ3v) is 5.33. The Labute approximate surface area is 163 Å². The maximum absolute atomic E-state index is 12.1. The first-order chi connectivity index (χ1) is 13.2. The second-order valence-corrected chi connectivity index (χ2v) is 7.98. The monoisotopic (exact) mass is 432 g/mol. The van der Waals surface area contributed by atoms with Gasteiger partial charge >= 0.3 is 13.5 Å². The Morgan fingerprint density at radius 3 is 2.82 bits per heavy atom. The molecule has 10 nitrogen and oxygen atoms in total. The van der Waals surface area contributed by atoms with Gasteiger partial charge in [0.25, 0.3) is 5.56 Å². The minimum Gasteiger partial charge on any atom is -0.403 e. The molecule has 0 spiro atoms. The minimum atomic E-state index is -4.53. The lowest BCUT2D eigenvalue weighted by Crippen LogP contribution is -2.33. The molecule has 28 heavy (non-hydrogen) atoms. The van der Waals surface area contributed by atoms with E-state index in [4.69, 9.17) is 25.4 Å². The number of aromatic amines is 1. The number of aliphatic hydroxyl groups is 1. The van der Waals surface area contributed by atoms with Gasteiger partial charge < -0.3 is 14.4 Å². The van der Waals surface area contributed by atoms with Crippen molar-refractivity contribution in [2.75, 3.05) is 6.61 Å². The van der Waals surface area contributed by atoms with Crippen LogP contribution in [0.5, 0.6) is 5.75 Å². The van der Waals surface area contributed by atoms with Crippen LogP contribution in [0.3, 0.4) is 0 Å². The van der Waals surface area contributed by atoms with Crippen LogP contribution in [-0.4, -0.2) is 38.4 Å². The number of hydrogen-bond acceptors (Lipinski definition) is 7. The zero-order valence-electron chi connectivity index (χ0n) is 14.6. The van der Waals surface area contributed by atoms with E-state index in [1.54, 1.807) is 12.1 Å². The number of H-pyrrole nitrogens is 1. The maximum atomic E-state index is 12.1. The number of halogens is 1. The molecule has 0 saturated carbocycles. The summed E-state index contributed by atoms with van der Waals surface area (Å²) in [4.78, 5) is 35.4. The van der Waals surface area contributed by atoms with Gasteiger partial charge in [-0.2, -0.15) is 0 Å². The number of para-hydroxylation sites is 1. The van der Waals surface area contributed by atoms with Gasteiger partial charge in [-0.3, -0.25) is 23.8 Å². The van der Waals surface area contributed by atoms with E-state index in [1.807, 2.05) is 0 Å². The number of hydrogen-bond donors (Lipinski definition) is 3. The van der Waals surface area contributed by atoms with Gasteiger partial charge in [-0.05, 0) is 19.1 Å². The normalized spacial score (nSPS) is 24.1. The van der Waals surface area contributed by atoms with Crippen molar-refractivity contribution in [1.82, 2.24) is 9.55 Å². The van der Waals surface area contributed by atoms with Crippen molar-refractivity contribution in [2.24, 2.45) is 0 Å². The number of phosphoric ester groups is 1. The zero-order chi connectivity index (χ0) is 20.5. The fourth-order valence-electron chi connectivity index (χ4n) is 2.67. The number of aryl methyl sites for hydroxylation is 1. The Balaban J connectivity index is 1.65. The van der Waals surface area contributed by atoms with Crippen molar-refractivity contribution in [3.63, 3.8) is 0 Å². The van der Waals surface area contributed by atoms with E-state index >= 15 is 0 Å². The number of nitrogens with zero attached hydrogens (tertiary/aromatic N) is 1. The molecule has 0 bridgehead atoms. The van der Waals surface area contributed by atoms with Gasteiger partial charge in [-0.15, -0.1) is 0 Å². The van der Waals surface area contributed by atoms with Crippen LogP contribution in [0, 0.1) is 6.92 Å². The SMILES string of the molecule is Cc1cn([C@H]2C[C@H](O)[C@@H](COP(=O)(O)Oc3ccccc3Cl)O2)c(=O)[nH]c1=O. The Morgan fingerprint density at radius 1 is 1.39 bits per heavy atom. The van der Waals surface area contributed by atoms with Crippen LogP contribution >= 0.6 is 19.4 Å². The lowest BCUT2D eigenvalue weighted by molar-refractivity contribution is -0.0447. The topological polar surface area (TPSA) is 140 Å². The van der Waals surface area contributed by atoms with E-state index in [9.17, 15) is 24.2 Å². The van der Waals surface area contributed by atoms with E-state index in [1.165, 1.54) is 25.3 Å². The van der Waals surface area contributed by atoms with E-state index in [-0.39, 0.29) is 17.2 Å². The summed E-state index contributed by atoms with van der Waals surface area (Å²) in [6, 6.07) is 6.08. The Kier molecular flexibility index (Phi) is 6.09. The van der Waals surface area contributed by atoms with Crippen LogP contribution in [0.2, 0.25) is 5.02 Å². The summed E-state index contributed by atoms with van der Waals surface area (Å²) in [5.74, 6) is -0.0315. The Hall–Kier alpha value is -1.94. The molecule has 2 aromatic rings. The molecule has 0 radical (unpaired) electrons. The van der Waals surface area contributed by atoms with Crippen molar-refractivity contribution in [2.45, 2.75) is 31.8 Å². The number of benzene rings is 1.